The lowest BCUT2D eigenvalue weighted by molar-refractivity contribution is 0.101. The van der Waals surface area contributed by atoms with Crippen molar-refractivity contribution in [3.05, 3.63) is 89.0 Å². The standard InChI is InChI=1S/C24H25ClN6O2/c1-24(2,3)18-7-9-20(10-8-18)33-16-30-12-11-21(28-30)22(32)27-23-26-15-31(29-23)14-17-5-4-6-19(25)13-17/h4-13,15H,14,16H2,1-3H3,(H,27,29,32). The van der Waals surface area contributed by atoms with E-state index >= 15 is 0 Å². The van der Waals surface area contributed by atoms with E-state index < -0.39 is 5.91 Å². The van der Waals surface area contributed by atoms with E-state index in [1.165, 1.54) is 5.56 Å². The first kappa shape index (κ1) is 22.5. The first-order valence-electron chi connectivity index (χ1n) is 10.5. The molecule has 0 fully saturated rings. The number of rotatable bonds is 7. The van der Waals surface area contributed by atoms with E-state index in [4.69, 9.17) is 16.3 Å². The van der Waals surface area contributed by atoms with Crippen LogP contribution in [0.5, 0.6) is 5.75 Å². The molecule has 0 unspecified atom stereocenters. The van der Waals surface area contributed by atoms with Crippen LogP contribution in [0.4, 0.5) is 5.95 Å². The summed E-state index contributed by atoms with van der Waals surface area (Å²) in [6, 6.07) is 17.1. The number of nitrogens with zero attached hydrogens (tertiary/aromatic N) is 5. The zero-order chi connectivity index (χ0) is 23.4. The van der Waals surface area contributed by atoms with Gasteiger partial charge in [0.25, 0.3) is 5.91 Å². The molecule has 4 aromatic rings. The van der Waals surface area contributed by atoms with E-state index in [1.807, 2.05) is 36.4 Å². The Labute approximate surface area is 197 Å². The number of carbonyl (C=O) groups is 1. The molecular weight excluding hydrogens is 440 g/mol. The van der Waals surface area contributed by atoms with Crippen molar-refractivity contribution in [1.29, 1.82) is 0 Å². The number of carbonyl (C=O) groups excluding carboxylic acids is 1. The zero-order valence-corrected chi connectivity index (χ0v) is 19.5. The zero-order valence-electron chi connectivity index (χ0n) is 18.7. The lowest BCUT2D eigenvalue weighted by Crippen LogP contribution is -2.15. The van der Waals surface area contributed by atoms with Crippen LogP contribution >= 0.6 is 11.6 Å². The summed E-state index contributed by atoms with van der Waals surface area (Å²) in [5.41, 5.74) is 2.55. The van der Waals surface area contributed by atoms with E-state index in [0.29, 0.717) is 11.6 Å². The summed E-state index contributed by atoms with van der Waals surface area (Å²) < 4.78 is 8.95. The van der Waals surface area contributed by atoms with Crippen LogP contribution in [0.15, 0.2) is 67.1 Å². The molecule has 1 amide bonds. The fourth-order valence-electron chi connectivity index (χ4n) is 3.16. The normalized spacial score (nSPS) is 11.4. The first-order valence-corrected chi connectivity index (χ1v) is 10.9. The van der Waals surface area contributed by atoms with Gasteiger partial charge in [-0.1, -0.05) is 56.6 Å². The molecule has 2 heterocycles. The van der Waals surface area contributed by atoms with Crippen LogP contribution in [-0.4, -0.2) is 30.5 Å². The first-order chi connectivity index (χ1) is 15.8. The number of ether oxygens (including phenoxy) is 1. The van der Waals surface area contributed by atoms with Crippen LogP contribution < -0.4 is 10.1 Å². The molecule has 0 spiro atoms. The Morgan fingerprint density at radius 1 is 1.06 bits per heavy atom. The summed E-state index contributed by atoms with van der Waals surface area (Å²) in [4.78, 5) is 16.6. The number of aromatic nitrogens is 5. The average molecular weight is 465 g/mol. The van der Waals surface area contributed by atoms with Crippen LogP contribution in [0.1, 0.15) is 42.4 Å². The van der Waals surface area contributed by atoms with Crippen molar-refractivity contribution in [2.45, 2.75) is 39.5 Å². The smallest absolute Gasteiger partial charge is 0.278 e. The highest BCUT2D eigenvalue weighted by molar-refractivity contribution is 6.30. The average Bonchev–Trinajstić information content (AvgIpc) is 3.42. The van der Waals surface area contributed by atoms with Gasteiger partial charge in [0, 0.05) is 11.2 Å². The number of benzene rings is 2. The largest absolute Gasteiger partial charge is 0.471 e. The number of halogens is 1. The molecule has 0 aliphatic heterocycles. The Bertz CT molecular complexity index is 1240. The van der Waals surface area contributed by atoms with Gasteiger partial charge in [-0.05, 0) is 46.9 Å². The Morgan fingerprint density at radius 2 is 1.85 bits per heavy atom. The molecule has 4 rings (SSSR count). The minimum Gasteiger partial charge on any atom is -0.471 e. The highest BCUT2D eigenvalue weighted by Crippen LogP contribution is 2.24. The quantitative estimate of drug-likeness (QED) is 0.426. The SMILES string of the molecule is CC(C)(C)c1ccc(OCn2ccc(C(=O)Nc3ncn(Cc4cccc(Cl)c4)n3)n2)cc1. The van der Waals surface area contributed by atoms with Crippen molar-refractivity contribution in [1.82, 2.24) is 24.5 Å². The van der Waals surface area contributed by atoms with E-state index in [0.717, 1.165) is 11.3 Å². The van der Waals surface area contributed by atoms with E-state index in [1.54, 1.807) is 28.0 Å². The third-order valence-electron chi connectivity index (χ3n) is 4.95. The van der Waals surface area contributed by atoms with Gasteiger partial charge in [0.15, 0.2) is 12.4 Å². The summed E-state index contributed by atoms with van der Waals surface area (Å²) in [5, 5.41) is 11.9. The molecule has 0 aliphatic rings. The minimum absolute atomic E-state index is 0.0860. The van der Waals surface area contributed by atoms with Crippen molar-refractivity contribution in [2.24, 2.45) is 0 Å². The topological polar surface area (TPSA) is 86.9 Å². The number of amides is 1. The van der Waals surface area contributed by atoms with Gasteiger partial charge in [-0.25, -0.2) is 14.3 Å². The minimum atomic E-state index is -0.399. The summed E-state index contributed by atoms with van der Waals surface area (Å²) in [5.74, 6) is 0.537. The summed E-state index contributed by atoms with van der Waals surface area (Å²) in [6.45, 7) is 7.18. The molecule has 2 aromatic heterocycles. The fourth-order valence-corrected chi connectivity index (χ4v) is 3.38. The van der Waals surface area contributed by atoms with E-state index in [9.17, 15) is 4.79 Å². The maximum Gasteiger partial charge on any atom is 0.278 e. The van der Waals surface area contributed by atoms with E-state index in [-0.39, 0.29) is 23.8 Å². The van der Waals surface area contributed by atoms with Crippen LogP contribution in [0.25, 0.3) is 0 Å². The molecule has 8 nitrogen and oxygen atoms in total. The molecule has 2 aromatic carbocycles. The van der Waals surface area contributed by atoms with Gasteiger partial charge in [0.05, 0.1) is 6.54 Å². The maximum absolute atomic E-state index is 12.5. The van der Waals surface area contributed by atoms with Crippen LogP contribution in [-0.2, 0) is 18.7 Å². The van der Waals surface area contributed by atoms with Crippen LogP contribution in [0.2, 0.25) is 5.02 Å². The van der Waals surface area contributed by atoms with Crippen molar-refractivity contribution >= 4 is 23.5 Å². The molecule has 0 bridgehead atoms. The second-order valence-electron chi connectivity index (χ2n) is 8.64. The predicted molar refractivity (Wildman–Crippen MR) is 127 cm³/mol. The van der Waals surface area contributed by atoms with Crippen LogP contribution in [0.3, 0.4) is 0 Å². The van der Waals surface area contributed by atoms with Gasteiger partial charge in [-0.15, -0.1) is 5.10 Å². The summed E-state index contributed by atoms with van der Waals surface area (Å²) in [6.07, 6.45) is 3.23. The Hall–Kier alpha value is -3.65. The molecule has 0 radical (unpaired) electrons. The molecule has 1 N–H and O–H groups in total. The maximum atomic E-state index is 12.5. The Morgan fingerprint density at radius 3 is 2.58 bits per heavy atom. The molecule has 9 heteroatoms. The predicted octanol–water partition coefficient (Wildman–Crippen LogP) is 4.76. The van der Waals surface area contributed by atoms with Crippen molar-refractivity contribution in [3.8, 4) is 5.75 Å². The lowest BCUT2D eigenvalue weighted by Gasteiger charge is -2.19. The van der Waals surface area contributed by atoms with Crippen molar-refractivity contribution in [2.75, 3.05) is 5.32 Å². The second-order valence-corrected chi connectivity index (χ2v) is 9.07. The second kappa shape index (κ2) is 9.46. The Balaban J connectivity index is 1.31. The van der Waals surface area contributed by atoms with E-state index in [2.05, 4.69) is 53.4 Å². The summed E-state index contributed by atoms with van der Waals surface area (Å²) >= 11 is 6.01. The summed E-state index contributed by atoms with van der Waals surface area (Å²) in [7, 11) is 0. The molecular formula is C24H25ClN6O2. The lowest BCUT2D eigenvalue weighted by atomic mass is 9.87. The van der Waals surface area contributed by atoms with Crippen LogP contribution in [0, 0.1) is 0 Å². The third kappa shape index (κ3) is 5.98. The number of hydrogen-bond donors (Lipinski definition) is 1. The molecule has 0 atom stereocenters. The van der Waals surface area contributed by atoms with Gasteiger partial charge in [0.1, 0.15) is 12.1 Å². The number of nitrogens with one attached hydrogen (secondary N) is 1. The molecule has 0 saturated heterocycles. The fraction of sp³-hybridized carbons (Fsp3) is 0.250. The van der Waals surface area contributed by atoms with Crippen molar-refractivity contribution < 1.29 is 9.53 Å². The number of hydrogen-bond acceptors (Lipinski definition) is 5. The highest BCUT2D eigenvalue weighted by Gasteiger charge is 2.14. The molecule has 33 heavy (non-hydrogen) atoms. The monoisotopic (exact) mass is 464 g/mol. The Kier molecular flexibility index (Phi) is 6.46. The van der Waals surface area contributed by atoms with Gasteiger partial charge in [0.2, 0.25) is 5.95 Å². The number of anilines is 1. The van der Waals surface area contributed by atoms with Gasteiger partial charge < -0.3 is 4.74 Å². The van der Waals surface area contributed by atoms with Gasteiger partial charge >= 0.3 is 0 Å². The molecule has 0 saturated carbocycles. The molecule has 170 valence electrons. The van der Waals surface area contributed by atoms with Gasteiger partial charge in [-0.3, -0.25) is 10.1 Å². The highest BCUT2D eigenvalue weighted by atomic mass is 35.5. The van der Waals surface area contributed by atoms with Gasteiger partial charge in [-0.2, -0.15) is 5.10 Å². The van der Waals surface area contributed by atoms with Crippen molar-refractivity contribution in [3.63, 3.8) is 0 Å². The third-order valence-corrected chi connectivity index (χ3v) is 5.19. The molecule has 0 aliphatic carbocycles.